The highest BCUT2D eigenvalue weighted by molar-refractivity contribution is 5.76. The van der Waals surface area contributed by atoms with Crippen LogP contribution in [-0.4, -0.2) is 98.6 Å². The first-order chi connectivity index (χ1) is 20.4. The summed E-state index contributed by atoms with van der Waals surface area (Å²) in [7, 11) is 1.69. The number of unbranched alkanes of at least 4 members (excludes halogenated alkanes) is 1. The molecule has 2 aliphatic rings. The molecule has 4 rings (SSSR count). The Labute approximate surface area is 253 Å². The van der Waals surface area contributed by atoms with Crippen molar-refractivity contribution in [1.29, 1.82) is 0 Å². The number of hydrogen-bond acceptors (Lipinski definition) is 7. The lowest BCUT2D eigenvalue weighted by Gasteiger charge is -2.47. The second-order valence-corrected chi connectivity index (χ2v) is 12.1. The van der Waals surface area contributed by atoms with Crippen LogP contribution < -0.4 is 4.90 Å². The maximum Gasteiger partial charge on any atom is 0.224 e. The number of anilines is 1. The van der Waals surface area contributed by atoms with E-state index in [9.17, 15) is 4.79 Å². The second kappa shape index (κ2) is 16.4. The summed E-state index contributed by atoms with van der Waals surface area (Å²) >= 11 is 0. The Bertz CT molecular complexity index is 1100. The highest BCUT2D eigenvalue weighted by Gasteiger charge is 2.40. The van der Waals surface area contributed by atoms with E-state index in [0.717, 1.165) is 83.8 Å². The molecule has 1 aromatic carbocycles. The largest absolute Gasteiger partial charge is 0.381 e. The monoisotopic (exact) mass is 580 g/mol. The highest BCUT2D eigenvalue weighted by Crippen LogP contribution is 2.32. The van der Waals surface area contributed by atoms with Crippen LogP contribution in [0, 0.1) is 6.92 Å². The SMILES string of the molecule is CCCCN(CC(C)OC)C(=O)CCOCCc1cccc(CN2CCC3(CC2)CN(c2cc(C)ccn2)CCO3)c1. The van der Waals surface area contributed by atoms with Crippen LogP contribution in [0.1, 0.15) is 62.6 Å². The molecule has 0 aliphatic carbocycles. The summed E-state index contributed by atoms with van der Waals surface area (Å²) in [4.78, 5) is 24.2. The maximum atomic E-state index is 12.7. The summed E-state index contributed by atoms with van der Waals surface area (Å²) in [6, 6.07) is 13.1. The standard InChI is InChI=1S/C34H52N4O4/c1-5-6-16-37(25-29(3)40-4)33(39)12-21-41-20-11-30-8-7-9-31(24-30)26-36-17-13-34(14-18-36)27-38(19-22-42-34)32-23-28(2)10-15-35-32/h7-10,15,23-24,29H,5-6,11-14,16-22,25-27H2,1-4H3. The third-order valence-electron chi connectivity index (χ3n) is 8.65. The van der Waals surface area contributed by atoms with E-state index in [-0.39, 0.29) is 17.6 Å². The van der Waals surface area contributed by atoms with Gasteiger partial charge in [0.15, 0.2) is 0 Å². The number of piperidine rings is 1. The van der Waals surface area contributed by atoms with Gasteiger partial charge in [-0.25, -0.2) is 4.98 Å². The molecule has 0 N–H and O–H groups in total. The van der Waals surface area contributed by atoms with Crippen molar-refractivity contribution in [3.8, 4) is 0 Å². The van der Waals surface area contributed by atoms with Gasteiger partial charge in [-0.3, -0.25) is 9.69 Å². The maximum absolute atomic E-state index is 12.7. The van der Waals surface area contributed by atoms with Gasteiger partial charge in [0.05, 0.1) is 37.9 Å². The van der Waals surface area contributed by atoms with Crippen LogP contribution in [0.3, 0.4) is 0 Å². The zero-order valence-electron chi connectivity index (χ0n) is 26.4. The zero-order valence-corrected chi connectivity index (χ0v) is 26.4. The van der Waals surface area contributed by atoms with E-state index < -0.39 is 0 Å². The van der Waals surface area contributed by atoms with Crippen molar-refractivity contribution < 1.29 is 19.0 Å². The van der Waals surface area contributed by atoms with E-state index in [2.05, 4.69) is 65.0 Å². The normalized spacial score (nSPS) is 17.9. The van der Waals surface area contributed by atoms with E-state index in [1.165, 1.54) is 16.7 Å². The van der Waals surface area contributed by atoms with E-state index in [0.29, 0.717) is 26.2 Å². The molecular weight excluding hydrogens is 528 g/mol. The summed E-state index contributed by atoms with van der Waals surface area (Å²) < 4.78 is 17.7. The van der Waals surface area contributed by atoms with Crippen molar-refractivity contribution in [1.82, 2.24) is 14.8 Å². The molecule has 1 unspecified atom stereocenters. The number of methoxy groups -OCH3 is 1. The van der Waals surface area contributed by atoms with Crippen molar-refractivity contribution in [2.75, 3.05) is 71.1 Å². The number of aromatic nitrogens is 1. The van der Waals surface area contributed by atoms with Gasteiger partial charge in [-0.1, -0.05) is 37.6 Å². The molecule has 1 aromatic heterocycles. The Hall–Kier alpha value is -2.52. The van der Waals surface area contributed by atoms with E-state index in [1.807, 2.05) is 18.0 Å². The minimum atomic E-state index is -0.0736. The van der Waals surface area contributed by atoms with Crippen molar-refractivity contribution in [2.45, 2.75) is 77.5 Å². The van der Waals surface area contributed by atoms with Gasteiger partial charge in [0.25, 0.3) is 0 Å². The number of amides is 1. The Morgan fingerprint density at radius 2 is 1.95 bits per heavy atom. The molecule has 2 saturated heterocycles. The molecule has 2 fully saturated rings. The number of ether oxygens (including phenoxy) is 3. The Morgan fingerprint density at radius 3 is 2.71 bits per heavy atom. The second-order valence-electron chi connectivity index (χ2n) is 12.1. The molecule has 1 atom stereocenters. The first kappa shape index (κ1) is 32.4. The number of hydrogen-bond donors (Lipinski definition) is 0. The van der Waals surface area contributed by atoms with Gasteiger partial charge in [0.1, 0.15) is 5.82 Å². The predicted molar refractivity (Wildman–Crippen MR) is 168 cm³/mol. The minimum absolute atomic E-state index is 0.0394. The van der Waals surface area contributed by atoms with E-state index in [1.54, 1.807) is 7.11 Å². The topological polar surface area (TPSA) is 67.4 Å². The number of carbonyl (C=O) groups is 1. The van der Waals surface area contributed by atoms with Crippen molar-refractivity contribution in [2.24, 2.45) is 0 Å². The number of benzene rings is 1. The summed E-state index contributed by atoms with van der Waals surface area (Å²) in [6.07, 6.45) is 7.38. The van der Waals surface area contributed by atoms with E-state index >= 15 is 0 Å². The molecule has 8 nitrogen and oxygen atoms in total. The summed E-state index contributed by atoms with van der Waals surface area (Å²) in [5.41, 5.74) is 3.79. The molecule has 2 aliphatic heterocycles. The molecule has 2 aromatic rings. The van der Waals surface area contributed by atoms with Crippen LogP contribution in [0.15, 0.2) is 42.6 Å². The number of likely N-dealkylation sites (tertiary alicyclic amines) is 1. The number of aryl methyl sites for hydroxylation is 1. The molecule has 1 amide bonds. The molecule has 0 bridgehead atoms. The molecule has 1 spiro atoms. The smallest absolute Gasteiger partial charge is 0.224 e. The van der Waals surface area contributed by atoms with Gasteiger partial charge in [0.2, 0.25) is 5.91 Å². The first-order valence-electron chi connectivity index (χ1n) is 15.9. The minimum Gasteiger partial charge on any atom is -0.381 e. The van der Waals surface area contributed by atoms with Crippen LogP contribution >= 0.6 is 0 Å². The first-order valence-corrected chi connectivity index (χ1v) is 15.9. The lowest BCUT2D eigenvalue weighted by molar-refractivity contribution is -0.134. The highest BCUT2D eigenvalue weighted by atomic mass is 16.5. The third kappa shape index (κ3) is 9.76. The quantitative estimate of drug-likeness (QED) is 0.278. The van der Waals surface area contributed by atoms with Crippen LogP contribution in [-0.2, 0) is 32.0 Å². The van der Waals surface area contributed by atoms with Crippen LogP contribution in [0.2, 0.25) is 0 Å². The molecule has 0 radical (unpaired) electrons. The summed E-state index contributed by atoms with van der Waals surface area (Å²) in [6.45, 7) is 14.4. The van der Waals surface area contributed by atoms with Crippen LogP contribution in [0.5, 0.6) is 0 Å². The fourth-order valence-corrected chi connectivity index (χ4v) is 5.96. The van der Waals surface area contributed by atoms with E-state index in [4.69, 9.17) is 14.2 Å². The number of pyridine rings is 1. The number of rotatable bonds is 15. The van der Waals surface area contributed by atoms with Crippen molar-refractivity contribution >= 4 is 11.7 Å². The molecule has 3 heterocycles. The van der Waals surface area contributed by atoms with Crippen molar-refractivity contribution in [3.63, 3.8) is 0 Å². The van der Waals surface area contributed by atoms with Crippen LogP contribution in [0.25, 0.3) is 0 Å². The Balaban J connectivity index is 1.18. The Kier molecular flexibility index (Phi) is 12.6. The zero-order chi connectivity index (χ0) is 29.8. The molecule has 42 heavy (non-hydrogen) atoms. The van der Waals surface area contributed by atoms with Gasteiger partial charge >= 0.3 is 0 Å². The van der Waals surface area contributed by atoms with Gasteiger partial charge in [-0.05, 0) is 68.4 Å². The predicted octanol–water partition coefficient (Wildman–Crippen LogP) is 4.87. The molecule has 8 heteroatoms. The molecule has 0 saturated carbocycles. The molecular formula is C34H52N4O4. The number of nitrogens with zero attached hydrogens (tertiary/aromatic N) is 4. The number of morpholine rings is 1. The van der Waals surface area contributed by atoms with Gasteiger partial charge in [-0.15, -0.1) is 0 Å². The summed E-state index contributed by atoms with van der Waals surface area (Å²) in [5.74, 6) is 1.22. The number of carbonyl (C=O) groups excluding carboxylic acids is 1. The third-order valence-corrected chi connectivity index (χ3v) is 8.65. The summed E-state index contributed by atoms with van der Waals surface area (Å²) in [5, 5.41) is 0. The van der Waals surface area contributed by atoms with Gasteiger partial charge < -0.3 is 24.0 Å². The van der Waals surface area contributed by atoms with Gasteiger partial charge in [-0.2, -0.15) is 0 Å². The average molecular weight is 581 g/mol. The molecule has 232 valence electrons. The Morgan fingerprint density at radius 1 is 1.14 bits per heavy atom. The van der Waals surface area contributed by atoms with Crippen LogP contribution in [0.4, 0.5) is 5.82 Å². The lowest BCUT2D eigenvalue weighted by Crippen LogP contribution is -2.57. The van der Waals surface area contributed by atoms with Crippen molar-refractivity contribution in [3.05, 3.63) is 59.3 Å². The lowest BCUT2D eigenvalue weighted by atomic mass is 9.89. The fraction of sp³-hybridized carbons (Fsp3) is 0.647. The fourth-order valence-electron chi connectivity index (χ4n) is 5.96. The average Bonchev–Trinajstić information content (AvgIpc) is 3.00. The van der Waals surface area contributed by atoms with Gasteiger partial charge in [0, 0.05) is 59.1 Å².